The van der Waals surface area contributed by atoms with Gasteiger partial charge in [-0.05, 0) is 24.1 Å². The van der Waals surface area contributed by atoms with E-state index >= 15 is 0 Å². The van der Waals surface area contributed by atoms with Crippen LogP contribution in [0.1, 0.15) is 12.1 Å². The lowest BCUT2D eigenvalue weighted by atomic mass is 10.1. The Kier molecular flexibility index (Phi) is 2.19. The maximum absolute atomic E-state index is 5.22. The molecule has 0 unspecified atom stereocenters. The molecule has 1 aliphatic rings. The Labute approximate surface area is 71.9 Å². The van der Waals surface area contributed by atoms with Crippen LogP contribution in [-0.4, -0.2) is 18.2 Å². The Hall–Kier alpha value is -1.15. The highest BCUT2D eigenvalue weighted by Gasteiger charge is 2.05. The smallest absolute Gasteiger partial charge is 0.0660 e. The summed E-state index contributed by atoms with van der Waals surface area (Å²) in [7, 11) is 0. The van der Waals surface area contributed by atoms with Gasteiger partial charge in [0.1, 0.15) is 0 Å². The van der Waals surface area contributed by atoms with E-state index in [0.717, 1.165) is 25.3 Å². The fourth-order valence-electron chi connectivity index (χ4n) is 1.31. The quantitative estimate of drug-likeness (QED) is 0.627. The van der Waals surface area contributed by atoms with Crippen LogP contribution < -0.4 is 0 Å². The molecule has 0 saturated heterocycles. The van der Waals surface area contributed by atoms with Crippen LogP contribution >= 0.6 is 0 Å². The van der Waals surface area contributed by atoms with Crippen LogP contribution in [0, 0.1) is 0 Å². The maximum atomic E-state index is 5.22. The van der Waals surface area contributed by atoms with Gasteiger partial charge in [-0.1, -0.05) is 12.1 Å². The van der Waals surface area contributed by atoms with Crippen LogP contribution in [0.2, 0.25) is 0 Å². The van der Waals surface area contributed by atoms with Crippen LogP contribution in [0.5, 0.6) is 0 Å². The lowest BCUT2D eigenvalue weighted by molar-refractivity contribution is 0.161. The van der Waals surface area contributed by atoms with Crippen LogP contribution in [0.15, 0.2) is 30.5 Å². The normalized spacial score (nSPS) is 17.2. The van der Waals surface area contributed by atoms with Gasteiger partial charge in [0.15, 0.2) is 0 Å². The van der Waals surface area contributed by atoms with Gasteiger partial charge in [0, 0.05) is 6.20 Å². The summed E-state index contributed by atoms with van der Waals surface area (Å²) in [5.74, 6) is 0. The molecule has 0 atom stereocenters. The average molecular weight is 161 g/mol. The molecule has 0 aliphatic carbocycles. The largest absolute Gasteiger partial charge is 0.377 e. The van der Waals surface area contributed by atoms with E-state index in [4.69, 9.17) is 4.74 Å². The first-order valence-corrected chi connectivity index (χ1v) is 4.15. The third-order valence-corrected chi connectivity index (χ3v) is 1.96. The fourth-order valence-corrected chi connectivity index (χ4v) is 1.31. The van der Waals surface area contributed by atoms with E-state index in [0.29, 0.717) is 0 Å². The molecule has 1 aliphatic heterocycles. The van der Waals surface area contributed by atoms with Gasteiger partial charge in [0.25, 0.3) is 0 Å². The van der Waals surface area contributed by atoms with Crippen molar-refractivity contribution in [3.63, 3.8) is 0 Å². The first kappa shape index (κ1) is 7.50. The van der Waals surface area contributed by atoms with E-state index in [1.54, 1.807) is 0 Å². The highest BCUT2D eigenvalue weighted by molar-refractivity contribution is 5.62. The molecule has 2 heteroatoms. The molecule has 12 heavy (non-hydrogen) atoms. The van der Waals surface area contributed by atoms with Crippen LogP contribution in [-0.2, 0) is 4.74 Å². The summed E-state index contributed by atoms with van der Waals surface area (Å²) in [5.41, 5.74) is 2.39. The Morgan fingerprint density at radius 2 is 2.33 bits per heavy atom. The van der Waals surface area contributed by atoms with E-state index in [1.807, 2.05) is 24.4 Å². The van der Waals surface area contributed by atoms with Gasteiger partial charge in [-0.15, -0.1) is 0 Å². The lowest BCUT2D eigenvalue weighted by Gasteiger charge is -2.12. The topological polar surface area (TPSA) is 22.1 Å². The molecule has 2 nitrogen and oxygen atoms in total. The molecule has 0 bridgehead atoms. The number of aromatic nitrogens is 1. The summed E-state index contributed by atoms with van der Waals surface area (Å²) in [5, 5.41) is 0. The minimum absolute atomic E-state index is 0.728. The van der Waals surface area contributed by atoms with E-state index < -0.39 is 0 Å². The zero-order chi connectivity index (χ0) is 8.23. The second kappa shape index (κ2) is 3.50. The molecule has 2 rings (SSSR count). The van der Waals surface area contributed by atoms with Gasteiger partial charge in [0.05, 0.1) is 18.9 Å². The van der Waals surface area contributed by atoms with Crippen molar-refractivity contribution < 1.29 is 4.74 Å². The molecule has 0 amide bonds. The highest BCUT2D eigenvalue weighted by atomic mass is 16.5. The maximum Gasteiger partial charge on any atom is 0.0660 e. The predicted octanol–water partition coefficient (Wildman–Crippen LogP) is 1.89. The van der Waals surface area contributed by atoms with Crippen molar-refractivity contribution in [2.24, 2.45) is 0 Å². The van der Waals surface area contributed by atoms with E-state index in [2.05, 4.69) is 11.1 Å². The molecule has 0 N–H and O–H groups in total. The van der Waals surface area contributed by atoms with Gasteiger partial charge in [-0.25, -0.2) is 0 Å². The highest BCUT2D eigenvalue weighted by Crippen LogP contribution is 2.17. The standard InChI is InChI=1S/C10H11NO/c1-2-6-11-10(3-1)9-4-7-12-8-5-9/h1-4,6H,5,7-8H2. The number of ether oxygens (including phenoxy) is 1. The van der Waals surface area contributed by atoms with Crippen molar-refractivity contribution in [3.8, 4) is 0 Å². The minimum atomic E-state index is 0.728. The molecule has 0 aromatic carbocycles. The molecule has 0 fully saturated rings. The molecule has 0 radical (unpaired) electrons. The summed E-state index contributed by atoms with van der Waals surface area (Å²) in [6.07, 6.45) is 4.91. The van der Waals surface area contributed by atoms with Crippen LogP contribution in [0.4, 0.5) is 0 Å². The van der Waals surface area contributed by atoms with Crippen molar-refractivity contribution in [1.82, 2.24) is 4.98 Å². The first-order valence-electron chi connectivity index (χ1n) is 4.15. The molecule has 0 saturated carbocycles. The monoisotopic (exact) mass is 161 g/mol. The lowest BCUT2D eigenvalue weighted by Crippen LogP contribution is -2.04. The third kappa shape index (κ3) is 1.53. The molecule has 62 valence electrons. The molecule has 1 aromatic heterocycles. The first-order chi connectivity index (χ1) is 5.97. The van der Waals surface area contributed by atoms with Crippen molar-refractivity contribution in [2.75, 3.05) is 13.2 Å². The Balaban J connectivity index is 2.24. The van der Waals surface area contributed by atoms with Crippen molar-refractivity contribution in [2.45, 2.75) is 6.42 Å². The molecular formula is C10H11NO. The van der Waals surface area contributed by atoms with Gasteiger partial charge in [0.2, 0.25) is 0 Å². The minimum Gasteiger partial charge on any atom is -0.377 e. The zero-order valence-electron chi connectivity index (χ0n) is 6.86. The second-order valence-electron chi connectivity index (χ2n) is 2.77. The SMILES string of the molecule is C1=C(c2ccccn2)CCOC1. The Morgan fingerprint density at radius 3 is 3.00 bits per heavy atom. The summed E-state index contributed by atoms with van der Waals surface area (Å²) >= 11 is 0. The van der Waals surface area contributed by atoms with Crippen LogP contribution in [0.3, 0.4) is 0 Å². The number of hydrogen-bond acceptors (Lipinski definition) is 2. The van der Waals surface area contributed by atoms with E-state index in [9.17, 15) is 0 Å². The average Bonchev–Trinajstić information content (AvgIpc) is 2.21. The van der Waals surface area contributed by atoms with Gasteiger partial charge in [-0.2, -0.15) is 0 Å². The van der Waals surface area contributed by atoms with Crippen molar-refractivity contribution in [1.29, 1.82) is 0 Å². The molecule has 1 aromatic rings. The van der Waals surface area contributed by atoms with Crippen molar-refractivity contribution >= 4 is 5.57 Å². The Morgan fingerprint density at radius 1 is 1.33 bits per heavy atom. The third-order valence-electron chi connectivity index (χ3n) is 1.96. The van der Waals surface area contributed by atoms with E-state index in [-0.39, 0.29) is 0 Å². The van der Waals surface area contributed by atoms with Crippen LogP contribution in [0.25, 0.3) is 5.57 Å². The summed E-state index contributed by atoms with van der Waals surface area (Å²) in [6.45, 7) is 1.55. The zero-order valence-corrected chi connectivity index (χ0v) is 6.86. The van der Waals surface area contributed by atoms with Gasteiger partial charge in [-0.3, -0.25) is 4.98 Å². The summed E-state index contributed by atoms with van der Waals surface area (Å²) in [4.78, 5) is 4.28. The fraction of sp³-hybridized carbons (Fsp3) is 0.300. The summed E-state index contributed by atoms with van der Waals surface area (Å²) in [6, 6.07) is 5.99. The molecule has 2 heterocycles. The number of nitrogens with zero attached hydrogens (tertiary/aromatic N) is 1. The van der Waals surface area contributed by atoms with E-state index in [1.165, 1.54) is 5.57 Å². The van der Waals surface area contributed by atoms with Gasteiger partial charge < -0.3 is 4.74 Å². The predicted molar refractivity (Wildman–Crippen MR) is 47.7 cm³/mol. The van der Waals surface area contributed by atoms with Crippen molar-refractivity contribution in [3.05, 3.63) is 36.2 Å². The second-order valence-corrected chi connectivity index (χ2v) is 2.77. The van der Waals surface area contributed by atoms with Gasteiger partial charge >= 0.3 is 0 Å². The molecule has 0 spiro atoms. The number of rotatable bonds is 1. The number of hydrogen-bond donors (Lipinski definition) is 0. The molecular weight excluding hydrogens is 150 g/mol. The Bertz CT molecular complexity index is 279. The number of pyridine rings is 1. The summed E-state index contributed by atoms with van der Waals surface area (Å²) < 4.78 is 5.22.